The van der Waals surface area contributed by atoms with Gasteiger partial charge >= 0.3 is 6.03 Å². The Hall–Kier alpha value is -3.54. The predicted octanol–water partition coefficient (Wildman–Crippen LogP) is 3.61. The summed E-state index contributed by atoms with van der Waals surface area (Å²) in [7, 11) is 3.39. The highest BCUT2D eigenvalue weighted by Gasteiger charge is 2.13. The molecule has 138 valence electrons. The summed E-state index contributed by atoms with van der Waals surface area (Å²) in [4.78, 5) is 25.3. The number of anilines is 1. The van der Waals surface area contributed by atoms with Crippen LogP contribution in [0.1, 0.15) is 15.9 Å². The summed E-state index contributed by atoms with van der Waals surface area (Å²) in [6.07, 6.45) is 0. The van der Waals surface area contributed by atoms with Crippen LogP contribution >= 0.6 is 0 Å². The summed E-state index contributed by atoms with van der Waals surface area (Å²) < 4.78 is 5.24. The summed E-state index contributed by atoms with van der Waals surface area (Å²) >= 11 is 0. The van der Waals surface area contributed by atoms with E-state index < -0.39 is 6.03 Å². The molecule has 6 nitrogen and oxygen atoms in total. The lowest BCUT2D eigenvalue weighted by Gasteiger charge is -2.18. The fraction of sp³-hybridized carbons (Fsp3) is 0.143. The van der Waals surface area contributed by atoms with Gasteiger partial charge < -0.3 is 20.7 Å². The van der Waals surface area contributed by atoms with Gasteiger partial charge in [-0.1, -0.05) is 24.3 Å². The van der Waals surface area contributed by atoms with Gasteiger partial charge in [-0.05, 0) is 52.7 Å². The maximum absolute atomic E-state index is 12.7. The number of primary amides is 1. The third-order valence-corrected chi connectivity index (χ3v) is 4.26. The Morgan fingerprint density at radius 3 is 2.52 bits per heavy atom. The molecule has 0 bridgehead atoms. The van der Waals surface area contributed by atoms with Crippen LogP contribution in [0.5, 0.6) is 5.75 Å². The molecule has 3 aromatic carbocycles. The lowest BCUT2D eigenvalue weighted by Crippen LogP contribution is -2.26. The molecule has 6 heteroatoms. The van der Waals surface area contributed by atoms with Crippen LogP contribution in [0.25, 0.3) is 10.8 Å². The largest absolute Gasteiger partial charge is 0.497 e. The number of carbonyl (C=O) groups excluding carboxylic acids is 2. The summed E-state index contributed by atoms with van der Waals surface area (Å²) in [5.74, 6) is 0.671. The van der Waals surface area contributed by atoms with Gasteiger partial charge in [0.05, 0.1) is 7.11 Å². The fourth-order valence-corrected chi connectivity index (χ4v) is 2.94. The number of benzene rings is 3. The molecule has 0 fully saturated rings. The molecule has 0 aliphatic heterocycles. The number of carbonyl (C=O) groups is 2. The number of amides is 3. The highest BCUT2D eigenvalue weighted by atomic mass is 16.5. The minimum atomic E-state index is -0.666. The topological polar surface area (TPSA) is 84.7 Å². The van der Waals surface area contributed by atoms with Gasteiger partial charge in [-0.3, -0.25) is 4.79 Å². The summed E-state index contributed by atoms with van der Waals surface area (Å²) in [6, 6.07) is 18.0. The highest BCUT2D eigenvalue weighted by Crippen LogP contribution is 2.22. The molecular weight excluding hydrogens is 342 g/mol. The lowest BCUT2D eigenvalue weighted by atomic mass is 10.1. The van der Waals surface area contributed by atoms with Crippen LogP contribution in [-0.4, -0.2) is 31.0 Å². The fourth-order valence-electron chi connectivity index (χ4n) is 2.94. The number of methoxy groups -OCH3 is 1. The molecule has 0 aliphatic rings. The molecule has 0 aromatic heterocycles. The zero-order valence-corrected chi connectivity index (χ0v) is 15.2. The van der Waals surface area contributed by atoms with Crippen molar-refractivity contribution >= 4 is 28.4 Å². The summed E-state index contributed by atoms with van der Waals surface area (Å²) in [5, 5.41) is 4.64. The van der Waals surface area contributed by atoms with Crippen molar-refractivity contribution in [2.24, 2.45) is 5.73 Å². The van der Waals surface area contributed by atoms with Gasteiger partial charge in [-0.2, -0.15) is 0 Å². The molecule has 0 spiro atoms. The Kier molecular flexibility index (Phi) is 5.26. The van der Waals surface area contributed by atoms with Crippen molar-refractivity contribution in [3.8, 4) is 5.75 Å². The highest BCUT2D eigenvalue weighted by molar-refractivity contribution is 5.96. The van der Waals surface area contributed by atoms with Crippen LogP contribution in [-0.2, 0) is 6.54 Å². The van der Waals surface area contributed by atoms with Crippen LogP contribution in [0.2, 0.25) is 0 Å². The first-order valence-corrected chi connectivity index (χ1v) is 8.45. The molecule has 3 N–H and O–H groups in total. The first-order chi connectivity index (χ1) is 13.0. The second kappa shape index (κ2) is 7.78. The molecule has 0 aliphatic carbocycles. The van der Waals surface area contributed by atoms with E-state index in [2.05, 4.69) is 11.4 Å². The molecule has 3 aromatic rings. The van der Waals surface area contributed by atoms with E-state index in [1.54, 1.807) is 43.3 Å². The van der Waals surface area contributed by atoms with E-state index in [-0.39, 0.29) is 5.91 Å². The van der Waals surface area contributed by atoms with Crippen LogP contribution in [0.15, 0.2) is 60.7 Å². The van der Waals surface area contributed by atoms with Crippen molar-refractivity contribution in [2.45, 2.75) is 6.54 Å². The maximum Gasteiger partial charge on any atom is 0.316 e. The third kappa shape index (κ3) is 4.36. The number of hydrogen-bond donors (Lipinski definition) is 2. The molecule has 0 saturated heterocycles. The standard InChI is InChI=1S/C21H21N3O3/c1-24(20(25)17-4-3-5-18(11-17)23-21(22)26)13-14-6-7-16-12-19(27-2)9-8-15(16)10-14/h3-12H,13H2,1-2H3,(H3,22,23,26). The summed E-state index contributed by atoms with van der Waals surface area (Å²) in [5.41, 5.74) is 7.11. The number of urea groups is 1. The SMILES string of the molecule is COc1ccc2cc(CN(C)C(=O)c3cccc(NC(N)=O)c3)ccc2c1. The van der Waals surface area contributed by atoms with E-state index in [1.807, 2.05) is 30.3 Å². The number of nitrogens with one attached hydrogen (secondary N) is 1. The molecule has 0 unspecified atom stereocenters. The van der Waals surface area contributed by atoms with Gasteiger partial charge in [0.1, 0.15) is 5.75 Å². The minimum absolute atomic E-state index is 0.141. The monoisotopic (exact) mass is 363 g/mol. The number of fused-ring (bicyclic) bond motifs is 1. The average molecular weight is 363 g/mol. The number of nitrogens with two attached hydrogens (primary N) is 1. The van der Waals surface area contributed by atoms with E-state index in [9.17, 15) is 9.59 Å². The Morgan fingerprint density at radius 2 is 1.78 bits per heavy atom. The Labute approximate surface area is 157 Å². The number of ether oxygens (including phenoxy) is 1. The number of hydrogen-bond acceptors (Lipinski definition) is 3. The molecule has 0 atom stereocenters. The second-order valence-corrected chi connectivity index (χ2v) is 6.28. The van der Waals surface area contributed by atoms with Crippen molar-refractivity contribution in [3.05, 3.63) is 71.8 Å². The van der Waals surface area contributed by atoms with E-state index in [0.29, 0.717) is 17.8 Å². The van der Waals surface area contributed by atoms with E-state index in [1.165, 1.54) is 0 Å². The number of nitrogens with zero attached hydrogens (tertiary/aromatic N) is 1. The van der Waals surface area contributed by atoms with Crippen molar-refractivity contribution < 1.29 is 14.3 Å². The van der Waals surface area contributed by atoms with Crippen molar-refractivity contribution in [1.29, 1.82) is 0 Å². The Bertz CT molecular complexity index is 1000. The summed E-state index contributed by atoms with van der Waals surface area (Å²) in [6.45, 7) is 0.467. The predicted molar refractivity (Wildman–Crippen MR) is 106 cm³/mol. The normalized spacial score (nSPS) is 10.4. The van der Waals surface area contributed by atoms with Gasteiger partial charge in [0.15, 0.2) is 0 Å². The van der Waals surface area contributed by atoms with E-state index >= 15 is 0 Å². The molecular formula is C21H21N3O3. The first-order valence-electron chi connectivity index (χ1n) is 8.45. The zero-order chi connectivity index (χ0) is 19.4. The van der Waals surface area contributed by atoms with Crippen molar-refractivity contribution in [3.63, 3.8) is 0 Å². The van der Waals surface area contributed by atoms with Crippen LogP contribution in [0.4, 0.5) is 10.5 Å². The van der Waals surface area contributed by atoms with Crippen LogP contribution in [0.3, 0.4) is 0 Å². The average Bonchev–Trinajstić information content (AvgIpc) is 2.66. The smallest absolute Gasteiger partial charge is 0.316 e. The quantitative estimate of drug-likeness (QED) is 0.726. The number of rotatable bonds is 5. The minimum Gasteiger partial charge on any atom is -0.497 e. The van der Waals surface area contributed by atoms with Gasteiger partial charge in [0.25, 0.3) is 5.91 Å². The molecule has 0 radical (unpaired) electrons. The van der Waals surface area contributed by atoms with Crippen LogP contribution in [0, 0.1) is 0 Å². The molecule has 27 heavy (non-hydrogen) atoms. The van der Waals surface area contributed by atoms with Gasteiger partial charge in [-0.15, -0.1) is 0 Å². The zero-order valence-electron chi connectivity index (χ0n) is 15.2. The van der Waals surface area contributed by atoms with Gasteiger partial charge in [0.2, 0.25) is 0 Å². The first kappa shape index (κ1) is 18.3. The van der Waals surface area contributed by atoms with Crippen LogP contribution < -0.4 is 15.8 Å². The third-order valence-electron chi connectivity index (χ3n) is 4.26. The van der Waals surface area contributed by atoms with E-state index in [0.717, 1.165) is 22.1 Å². The van der Waals surface area contributed by atoms with E-state index in [4.69, 9.17) is 10.5 Å². The maximum atomic E-state index is 12.7. The van der Waals surface area contributed by atoms with Gasteiger partial charge in [-0.25, -0.2) is 4.79 Å². The van der Waals surface area contributed by atoms with Crippen molar-refractivity contribution in [1.82, 2.24) is 4.90 Å². The van der Waals surface area contributed by atoms with Gasteiger partial charge in [0, 0.05) is 24.8 Å². The molecule has 3 rings (SSSR count). The molecule has 3 amide bonds. The lowest BCUT2D eigenvalue weighted by molar-refractivity contribution is 0.0785. The molecule has 0 saturated carbocycles. The molecule has 0 heterocycles. The Morgan fingerprint density at radius 1 is 1.04 bits per heavy atom. The van der Waals surface area contributed by atoms with Crippen molar-refractivity contribution in [2.75, 3.05) is 19.5 Å². The Balaban J connectivity index is 1.76. The second-order valence-electron chi connectivity index (χ2n) is 6.28.